The van der Waals surface area contributed by atoms with Crippen molar-refractivity contribution in [3.63, 3.8) is 0 Å². The minimum absolute atomic E-state index is 0.205. The van der Waals surface area contributed by atoms with Gasteiger partial charge in [-0.2, -0.15) is 17.0 Å². The van der Waals surface area contributed by atoms with E-state index >= 15 is 0 Å². The number of hydrogen-bond acceptors (Lipinski definition) is 5. The second-order valence-corrected chi connectivity index (χ2v) is 10.8. The maximum Gasteiger partial charge on any atom is 0.282 e. The number of β-amino-alcohol motifs (C(OH)–C–C–N with tert-alkyl or cyclic N) is 1. The van der Waals surface area contributed by atoms with Crippen molar-refractivity contribution in [2.24, 2.45) is 0 Å². The molecular weight excluding hydrogens is 438 g/mol. The summed E-state index contributed by atoms with van der Waals surface area (Å²) in [7, 11) is -3.38. The van der Waals surface area contributed by atoms with Crippen molar-refractivity contribution in [2.75, 3.05) is 52.4 Å². The number of benzene rings is 2. The van der Waals surface area contributed by atoms with Gasteiger partial charge in [0.1, 0.15) is 18.5 Å². The molecule has 1 atom stereocenters. The maximum atomic E-state index is 13.0. The minimum atomic E-state index is -3.38. The van der Waals surface area contributed by atoms with Gasteiger partial charge >= 0.3 is 0 Å². The van der Waals surface area contributed by atoms with Crippen LogP contribution in [0.5, 0.6) is 5.75 Å². The predicted octanol–water partition coefficient (Wildman–Crippen LogP) is 2.83. The first-order valence-electron chi connectivity index (χ1n) is 12.0. The van der Waals surface area contributed by atoms with Crippen LogP contribution in [0.3, 0.4) is 0 Å². The van der Waals surface area contributed by atoms with Gasteiger partial charge in [-0.3, -0.25) is 4.90 Å². The van der Waals surface area contributed by atoms with Crippen LogP contribution in [0.2, 0.25) is 0 Å². The summed E-state index contributed by atoms with van der Waals surface area (Å²) in [5.41, 5.74) is 2.28. The predicted molar refractivity (Wildman–Crippen MR) is 130 cm³/mol. The number of aliphatic hydroxyl groups is 1. The van der Waals surface area contributed by atoms with Crippen LogP contribution in [0.1, 0.15) is 25.7 Å². The molecule has 1 N–H and O–H groups in total. The van der Waals surface area contributed by atoms with Crippen LogP contribution in [-0.4, -0.2) is 85.6 Å². The Labute approximate surface area is 197 Å². The van der Waals surface area contributed by atoms with Gasteiger partial charge < -0.3 is 9.84 Å². The van der Waals surface area contributed by atoms with Crippen molar-refractivity contribution in [1.29, 1.82) is 0 Å². The topological polar surface area (TPSA) is 73.3 Å². The highest BCUT2D eigenvalue weighted by Gasteiger charge is 2.32. The molecule has 2 heterocycles. The van der Waals surface area contributed by atoms with Crippen molar-refractivity contribution in [3.8, 4) is 16.9 Å². The van der Waals surface area contributed by atoms with Gasteiger partial charge in [0, 0.05) is 45.8 Å². The van der Waals surface area contributed by atoms with Crippen molar-refractivity contribution >= 4 is 10.2 Å². The van der Waals surface area contributed by atoms with Gasteiger partial charge in [-0.1, -0.05) is 55.3 Å². The van der Waals surface area contributed by atoms with Crippen LogP contribution >= 0.6 is 0 Å². The number of aliphatic hydroxyl groups excluding tert-OH is 1. The van der Waals surface area contributed by atoms with Gasteiger partial charge in [0.05, 0.1) is 0 Å². The van der Waals surface area contributed by atoms with E-state index in [-0.39, 0.29) is 6.61 Å². The number of ether oxygens (including phenoxy) is 1. The van der Waals surface area contributed by atoms with Gasteiger partial charge in [0.25, 0.3) is 10.2 Å². The van der Waals surface area contributed by atoms with E-state index in [9.17, 15) is 13.5 Å². The number of piperazine rings is 1. The van der Waals surface area contributed by atoms with Crippen LogP contribution in [-0.2, 0) is 10.2 Å². The zero-order valence-electron chi connectivity index (χ0n) is 19.2. The van der Waals surface area contributed by atoms with E-state index < -0.39 is 16.3 Å². The molecule has 7 nitrogen and oxygen atoms in total. The lowest BCUT2D eigenvalue weighted by Gasteiger charge is -2.37. The first kappa shape index (κ1) is 24.2. The van der Waals surface area contributed by atoms with Gasteiger partial charge in [-0.05, 0) is 36.1 Å². The summed E-state index contributed by atoms with van der Waals surface area (Å²) in [5.74, 6) is 0.724. The van der Waals surface area contributed by atoms with Gasteiger partial charge in [-0.15, -0.1) is 0 Å². The average molecular weight is 474 g/mol. The Morgan fingerprint density at radius 2 is 1.33 bits per heavy atom. The highest BCUT2D eigenvalue weighted by atomic mass is 32.2. The molecule has 4 rings (SSSR count). The molecule has 0 radical (unpaired) electrons. The van der Waals surface area contributed by atoms with E-state index in [2.05, 4.69) is 17.0 Å². The summed E-state index contributed by atoms with van der Waals surface area (Å²) in [5, 5.41) is 10.4. The molecule has 1 unspecified atom stereocenters. The van der Waals surface area contributed by atoms with Gasteiger partial charge in [0.15, 0.2) is 0 Å². The normalized spacial score (nSPS) is 20.3. The molecule has 0 aromatic heterocycles. The lowest BCUT2D eigenvalue weighted by atomic mass is 10.1. The Balaban J connectivity index is 1.20. The van der Waals surface area contributed by atoms with E-state index in [1.54, 1.807) is 8.61 Å². The van der Waals surface area contributed by atoms with E-state index in [1.165, 1.54) is 0 Å². The SMILES string of the molecule is O=S(=O)(N1CCCCCC1)N1CCN(CC(O)COc2ccc(-c3ccccc3)cc2)CC1. The van der Waals surface area contributed by atoms with Crippen LogP contribution < -0.4 is 4.74 Å². The van der Waals surface area contributed by atoms with Gasteiger partial charge in [-0.25, -0.2) is 0 Å². The fourth-order valence-corrected chi connectivity index (χ4v) is 6.17. The monoisotopic (exact) mass is 473 g/mol. The minimum Gasteiger partial charge on any atom is -0.491 e. The number of hydrogen-bond donors (Lipinski definition) is 1. The Morgan fingerprint density at radius 1 is 0.758 bits per heavy atom. The first-order chi connectivity index (χ1) is 16.0. The summed E-state index contributed by atoms with van der Waals surface area (Å²) in [6.45, 7) is 4.11. The van der Waals surface area contributed by atoms with Crippen molar-refractivity contribution in [1.82, 2.24) is 13.5 Å². The maximum absolute atomic E-state index is 13.0. The van der Waals surface area contributed by atoms with Crippen molar-refractivity contribution in [2.45, 2.75) is 31.8 Å². The quantitative estimate of drug-likeness (QED) is 0.638. The Morgan fingerprint density at radius 3 is 1.97 bits per heavy atom. The summed E-state index contributed by atoms with van der Waals surface area (Å²) >= 11 is 0. The van der Waals surface area contributed by atoms with Gasteiger partial charge in [0.2, 0.25) is 0 Å². The fourth-order valence-electron chi connectivity index (χ4n) is 4.50. The first-order valence-corrected chi connectivity index (χ1v) is 13.4. The van der Waals surface area contributed by atoms with Crippen molar-refractivity contribution < 1.29 is 18.3 Å². The highest BCUT2D eigenvalue weighted by molar-refractivity contribution is 7.86. The molecule has 0 spiro atoms. The third kappa shape index (κ3) is 6.55. The van der Waals surface area contributed by atoms with Crippen molar-refractivity contribution in [3.05, 3.63) is 54.6 Å². The Hall–Kier alpha value is -1.97. The molecule has 0 bridgehead atoms. The molecule has 0 saturated carbocycles. The van der Waals surface area contributed by atoms with E-state index in [1.807, 2.05) is 42.5 Å². The highest BCUT2D eigenvalue weighted by Crippen LogP contribution is 2.22. The molecule has 2 fully saturated rings. The Kier molecular flexibility index (Phi) is 8.38. The summed E-state index contributed by atoms with van der Waals surface area (Å²) < 4.78 is 35.0. The van der Waals surface area contributed by atoms with E-state index in [4.69, 9.17) is 4.74 Å². The van der Waals surface area contributed by atoms with Crippen LogP contribution in [0.15, 0.2) is 54.6 Å². The molecule has 8 heteroatoms. The zero-order valence-corrected chi connectivity index (χ0v) is 20.0. The molecule has 2 aliphatic heterocycles. The molecule has 2 aliphatic rings. The lowest BCUT2D eigenvalue weighted by Crippen LogP contribution is -2.54. The van der Waals surface area contributed by atoms with E-state index in [0.717, 1.165) is 42.6 Å². The van der Waals surface area contributed by atoms with E-state index in [0.29, 0.717) is 45.8 Å². The third-order valence-corrected chi connectivity index (χ3v) is 8.46. The summed E-state index contributed by atoms with van der Waals surface area (Å²) in [6, 6.07) is 18.0. The van der Waals surface area contributed by atoms with Crippen LogP contribution in [0, 0.1) is 0 Å². The smallest absolute Gasteiger partial charge is 0.282 e. The fraction of sp³-hybridized carbons (Fsp3) is 0.520. The average Bonchev–Trinajstić information content (AvgIpc) is 3.14. The number of rotatable bonds is 8. The lowest BCUT2D eigenvalue weighted by molar-refractivity contribution is 0.0562. The third-order valence-electron chi connectivity index (χ3n) is 6.42. The molecule has 0 aliphatic carbocycles. The second kappa shape index (κ2) is 11.4. The Bertz CT molecular complexity index is 953. The molecule has 33 heavy (non-hydrogen) atoms. The molecular formula is C25H35N3O4S. The summed E-state index contributed by atoms with van der Waals surface area (Å²) in [4.78, 5) is 2.11. The van der Waals surface area contributed by atoms with Crippen LogP contribution in [0.4, 0.5) is 0 Å². The molecule has 2 aromatic carbocycles. The molecule has 2 saturated heterocycles. The zero-order chi connectivity index (χ0) is 23.1. The standard InChI is InChI=1S/C25H35N3O4S/c29-24(21-32-25-12-10-23(11-13-25)22-8-4-3-5-9-22)20-26-16-18-28(19-17-26)33(30,31)27-14-6-1-2-7-15-27/h3-5,8-13,24,29H,1-2,6-7,14-21H2. The largest absolute Gasteiger partial charge is 0.491 e. The number of nitrogens with zero attached hydrogens (tertiary/aromatic N) is 3. The molecule has 0 amide bonds. The second-order valence-electron chi connectivity index (χ2n) is 8.88. The molecule has 180 valence electrons. The summed E-state index contributed by atoms with van der Waals surface area (Å²) in [6.07, 6.45) is 3.47. The molecule has 2 aromatic rings. The van der Waals surface area contributed by atoms with Crippen LogP contribution in [0.25, 0.3) is 11.1 Å².